The summed E-state index contributed by atoms with van der Waals surface area (Å²) in [6, 6.07) is 0. The van der Waals surface area contributed by atoms with Crippen molar-refractivity contribution < 1.29 is 19.3 Å². The van der Waals surface area contributed by atoms with Crippen molar-refractivity contribution in [3.63, 3.8) is 0 Å². The summed E-state index contributed by atoms with van der Waals surface area (Å²) in [6.45, 7) is 2.26. The molecule has 0 radical (unpaired) electrons. The monoisotopic (exact) mass is 390 g/mol. The molecule has 0 spiro atoms. The summed E-state index contributed by atoms with van der Waals surface area (Å²) in [6.07, 6.45) is 16.0. The summed E-state index contributed by atoms with van der Waals surface area (Å²) in [5.74, 6) is -0.530. The Bertz CT molecular complexity index is 345. The Kier molecular flexibility index (Phi) is 16.0. The van der Waals surface area contributed by atoms with Crippen LogP contribution < -0.4 is 0 Å². The molecule has 156 valence electrons. The van der Waals surface area contributed by atoms with Crippen LogP contribution in [0, 0.1) is 0 Å². The molecule has 0 aliphatic rings. The Hall–Kier alpha value is -0.0200. The lowest BCUT2D eigenvalue weighted by Gasteiger charge is -2.34. The van der Waals surface area contributed by atoms with Gasteiger partial charge < -0.3 is 14.5 Å². The number of quaternary nitrogens is 1. The number of hydrogen-bond acceptors (Lipinski definition) is 3. The van der Waals surface area contributed by atoms with Crippen molar-refractivity contribution in [1.82, 2.24) is 0 Å². The number of hydrogen-bond donors (Lipinski definition) is 2. The third-order valence-corrected chi connectivity index (χ3v) is 6.48. The minimum atomic E-state index is -1.05. The molecule has 0 rings (SSSR count). The van der Waals surface area contributed by atoms with Gasteiger partial charge in [-0.25, -0.2) is 0 Å². The third-order valence-electron chi connectivity index (χ3n) is 5.12. The second-order valence-electron chi connectivity index (χ2n) is 8.59. The van der Waals surface area contributed by atoms with Gasteiger partial charge in [0.15, 0.2) is 17.7 Å². The number of nitrogens with zero attached hydrogens (tertiary/aromatic N) is 1. The number of unbranched alkanes of at least 4 members (excludes halogenated alkanes) is 12. The molecule has 26 heavy (non-hydrogen) atoms. The van der Waals surface area contributed by atoms with Crippen molar-refractivity contribution in [1.29, 1.82) is 0 Å². The predicted octanol–water partition coefficient (Wildman–Crippen LogP) is 5.02. The molecule has 0 saturated heterocycles. The first kappa shape index (κ1) is 26.0. The number of ketones is 1. The van der Waals surface area contributed by atoms with E-state index in [1.807, 2.05) is 21.1 Å². The van der Waals surface area contributed by atoms with Gasteiger partial charge in [-0.2, -0.15) is 0 Å². The number of Topliss-reactive ketones (excluding diaryl/α,β-unsaturated/α-hetero) is 1. The molecular weight excluding hydrogens is 345 g/mol. The quantitative estimate of drug-likeness (QED) is 0.196. The van der Waals surface area contributed by atoms with Crippen molar-refractivity contribution in [2.45, 2.75) is 109 Å². The fraction of sp³-hybridized carbons (Fsp3) is 0.952. The van der Waals surface area contributed by atoms with Gasteiger partial charge in [0.25, 0.3) is 0 Å². The van der Waals surface area contributed by atoms with Crippen LogP contribution in [0.2, 0.25) is 0 Å². The Balaban J connectivity index is 3.56. The molecule has 0 aliphatic carbocycles. The van der Waals surface area contributed by atoms with E-state index in [0.717, 1.165) is 12.8 Å². The van der Waals surface area contributed by atoms with Crippen LogP contribution in [-0.4, -0.2) is 53.3 Å². The molecule has 0 aromatic carbocycles. The molecule has 0 aromatic rings. The molecular formula is C21H45NO3P+. The number of rotatable bonds is 18. The largest absolute Gasteiger partial charge is 0.379 e. The maximum atomic E-state index is 12.1. The number of carbonyl (C=O) groups is 1. The van der Waals surface area contributed by atoms with Gasteiger partial charge in [-0.15, -0.1) is 0 Å². The van der Waals surface area contributed by atoms with Crippen molar-refractivity contribution in [3.05, 3.63) is 0 Å². The maximum Gasteiger partial charge on any atom is 0.170 e. The summed E-state index contributed by atoms with van der Waals surface area (Å²) in [5, 5.41) is 10.2. The number of aliphatic hydroxyl groups excluding tert-OH is 1. The van der Waals surface area contributed by atoms with Crippen LogP contribution in [0.4, 0.5) is 0 Å². The lowest BCUT2D eigenvalue weighted by atomic mass is 10.0. The Morgan fingerprint density at radius 2 is 1.19 bits per heavy atom. The molecule has 0 bridgehead atoms. The number of carbonyl (C=O) groups excluding carboxylic acids is 1. The Labute approximate surface area is 164 Å². The summed E-state index contributed by atoms with van der Waals surface area (Å²) < 4.78 is 0.403. The van der Waals surface area contributed by atoms with Crippen LogP contribution >= 0.6 is 8.81 Å². The molecule has 3 atom stereocenters. The molecule has 4 nitrogen and oxygen atoms in total. The smallest absolute Gasteiger partial charge is 0.170 e. The third kappa shape index (κ3) is 13.2. The highest BCUT2D eigenvalue weighted by atomic mass is 31.1. The molecule has 0 amide bonds. The van der Waals surface area contributed by atoms with Gasteiger partial charge in [-0.3, -0.25) is 4.79 Å². The molecule has 0 saturated carbocycles. The van der Waals surface area contributed by atoms with Gasteiger partial charge in [-0.1, -0.05) is 84.0 Å². The molecule has 0 fully saturated rings. The van der Waals surface area contributed by atoms with E-state index < -0.39 is 20.7 Å². The molecule has 0 heterocycles. The molecule has 0 aliphatic heterocycles. The van der Waals surface area contributed by atoms with Crippen LogP contribution in [0.25, 0.3) is 0 Å². The van der Waals surface area contributed by atoms with E-state index in [1.165, 1.54) is 70.6 Å². The SMILES string of the molecule is CCCCCCCCCCCCCCCC(=O)C(O)C(PO)[N+](C)(C)C. The second-order valence-corrected chi connectivity index (χ2v) is 9.44. The molecule has 3 unspecified atom stereocenters. The summed E-state index contributed by atoms with van der Waals surface area (Å²) in [5.41, 5.74) is 0. The Morgan fingerprint density at radius 1 is 0.808 bits per heavy atom. The van der Waals surface area contributed by atoms with E-state index in [0.29, 0.717) is 10.9 Å². The minimum absolute atomic E-state index is 0.118. The van der Waals surface area contributed by atoms with Gasteiger partial charge in [0.2, 0.25) is 0 Å². The molecule has 2 N–H and O–H groups in total. The van der Waals surface area contributed by atoms with E-state index >= 15 is 0 Å². The van der Waals surface area contributed by atoms with Crippen molar-refractivity contribution in [2.24, 2.45) is 0 Å². The lowest BCUT2D eigenvalue weighted by Crippen LogP contribution is -2.51. The van der Waals surface area contributed by atoms with Crippen LogP contribution in [0.15, 0.2) is 0 Å². The highest BCUT2D eigenvalue weighted by Gasteiger charge is 2.35. The van der Waals surface area contributed by atoms with Crippen LogP contribution in [-0.2, 0) is 4.79 Å². The average molecular weight is 391 g/mol. The van der Waals surface area contributed by atoms with Crippen molar-refractivity contribution in [2.75, 3.05) is 21.1 Å². The van der Waals surface area contributed by atoms with Gasteiger partial charge >= 0.3 is 0 Å². The zero-order valence-electron chi connectivity index (χ0n) is 17.8. The molecule has 0 aromatic heterocycles. The van der Waals surface area contributed by atoms with Crippen molar-refractivity contribution in [3.8, 4) is 0 Å². The first-order valence-corrected chi connectivity index (χ1v) is 11.8. The van der Waals surface area contributed by atoms with Crippen LogP contribution in [0.1, 0.15) is 96.8 Å². The van der Waals surface area contributed by atoms with E-state index in [1.54, 1.807) is 0 Å². The first-order chi connectivity index (χ1) is 12.3. The fourth-order valence-corrected chi connectivity index (χ4v) is 3.98. The van der Waals surface area contributed by atoms with Crippen LogP contribution in [0.5, 0.6) is 0 Å². The number of likely N-dealkylation sites (N-methyl/N-ethyl adjacent to an activating group) is 1. The first-order valence-electron chi connectivity index (χ1n) is 10.8. The standard InChI is InChI=1S/C21H45NO3P/c1-5-6-7-8-9-10-11-12-13-14-15-16-17-18-19(23)20(24)21(26-25)22(2,3)4/h20-21,24-26H,5-18H2,1-4H3/q+1. The normalized spacial score (nSPS) is 14.8. The highest BCUT2D eigenvalue weighted by Crippen LogP contribution is 2.25. The predicted molar refractivity (Wildman–Crippen MR) is 114 cm³/mol. The van der Waals surface area contributed by atoms with E-state index in [-0.39, 0.29) is 5.78 Å². The minimum Gasteiger partial charge on any atom is -0.379 e. The second kappa shape index (κ2) is 16.0. The maximum absolute atomic E-state index is 12.1. The van der Waals surface area contributed by atoms with Crippen LogP contribution in [0.3, 0.4) is 0 Å². The van der Waals surface area contributed by atoms with Gasteiger partial charge in [0, 0.05) is 6.42 Å². The zero-order chi connectivity index (χ0) is 19.8. The van der Waals surface area contributed by atoms with Gasteiger partial charge in [0.05, 0.1) is 30.0 Å². The lowest BCUT2D eigenvalue weighted by molar-refractivity contribution is -0.884. The highest BCUT2D eigenvalue weighted by molar-refractivity contribution is 7.31. The average Bonchev–Trinajstić information content (AvgIpc) is 2.58. The topological polar surface area (TPSA) is 57.5 Å². The van der Waals surface area contributed by atoms with E-state index in [4.69, 9.17) is 0 Å². The van der Waals surface area contributed by atoms with Gasteiger partial charge in [-0.05, 0) is 6.42 Å². The fourth-order valence-electron chi connectivity index (χ4n) is 3.31. The number of aliphatic hydroxyl groups is 1. The van der Waals surface area contributed by atoms with E-state index in [2.05, 4.69) is 6.92 Å². The van der Waals surface area contributed by atoms with Crippen molar-refractivity contribution >= 4 is 14.6 Å². The summed E-state index contributed by atoms with van der Waals surface area (Å²) >= 11 is 0. The Morgan fingerprint density at radius 3 is 1.54 bits per heavy atom. The molecule has 5 heteroatoms. The summed E-state index contributed by atoms with van der Waals surface area (Å²) in [7, 11) is 5.27. The zero-order valence-corrected chi connectivity index (χ0v) is 18.8. The summed E-state index contributed by atoms with van der Waals surface area (Å²) in [4.78, 5) is 21.6. The van der Waals surface area contributed by atoms with E-state index in [9.17, 15) is 14.8 Å². The van der Waals surface area contributed by atoms with Gasteiger partial charge in [0.1, 0.15) is 0 Å².